The quantitative estimate of drug-likeness (QED) is 0.860. The number of nitrogens with two attached hydrogens (primary N) is 1. The van der Waals surface area contributed by atoms with Crippen LogP contribution in [-0.2, 0) is 9.53 Å². The molecule has 2 rings (SSSR count). The number of methoxy groups -OCH3 is 1. The summed E-state index contributed by atoms with van der Waals surface area (Å²) in [6.45, 7) is 4.17. The topological polar surface area (TPSA) is 81.8 Å². The number of hydrogen-bond acceptors (Lipinski definition) is 4. The third-order valence-corrected chi connectivity index (χ3v) is 3.79. The smallest absolute Gasteiger partial charge is 0.316 e. The first-order chi connectivity index (χ1) is 8.92. The Morgan fingerprint density at radius 1 is 1.42 bits per heavy atom. The van der Waals surface area contributed by atoms with Gasteiger partial charge in [-0.2, -0.15) is 0 Å². The van der Waals surface area contributed by atoms with Gasteiger partial charge in [0.15, 0.2) is 0 Å². The highest BCUT2D eigenvalue weighted by Crippen LogP contribution is 2.40. The van der Waals surface area contributed by atoms with Gasteiger partial charge in [0.1, 0.15) is 11.2 Å². The van der Waals surface area contributed by atoms with Gasteiger partial charge in [-0.1, -0.05) is 12.1 Å². The molecule has 0 spiro atoms. The van der Waals surface area contributed by atoms with Crippen LogP contribution in [0.25, 0.3) is 0 Å². The summed E-state index contributed by atoms with van der Waals surface area (Å²) in [5.41, 5.74) is 7.87. The molecule has 0 saturated carbocycles. The summed E-state index contributed by atoms with van der Waals surface area (Å²) in [5.74, 6) is -0.0949. The Morgan fingerprint density at radius 2 is 1.95 bits per heavy atom. The lowest BCUT2D eigenvalue weighted by Gasteiger charge is -2.42. The summed E-state index contributed by atoms with van der Waals surface area (Å²) < 4.78 is 10.4. The molecule has 5 heteroatoms. The second-order valence-electron chi connectivity index (χ2n) is 5.12. The minimum absolute atomic E-state index is 0.160. The van der Waals surface area contributed by atoms with Crippen molar-refractivity contribution < 1.29 is 19.4 Å². The molecule has 1 atom stereocenters. The van der Waals surface area contributed by atoms with Crippen LogP contribution >= 0.6 is 0 Å². The zero-order valence-corrected chi connectivity index (χ0v) is 11.4. The second kappa shape index (κ2) is 4.83. The van der Waals surface area contributed by atoms with Crippen LogP contribution in [0.2, 0.25) is 0 Å². The predicted molar refractivity (Wildman–Crippen MR) is 70.3 cm³/mol. The van der Waals surface area contributed by atoms with Crippen LogP contribution in [-0.4, -0.2) is 31.4 Å². The van der Waals surface area contributed by atoms with E-state index in [2.05, 4.69) is 0 Å². The number of rotatable bonds is 4. The summed E-state index contributed by atoms with van der Waals surface area (Å²) in [4.78, 5) is 11.4. The molecule has 1 aliphatic heterocycles. The zero-order valence-electron chi connectivity index (χ0n) is 11.4. The van der Waals surface area contributed by atoms with Gasteiger partial charge in [0, 0.05) is 0 Å². The summed E-state index contributed by atoms with van der Waals surface area (Å²) in [6, 6.07) is 3.20. The van der Waals surface area contributed by atoms with Gasteiger partial charge < -0.3 is 20.3 Å². The van der Waals surface area contributed by atoms with Crippen molar-refractivity contribution in [1.29, 1.82) is 0 Å². The molecular formula is C14H19NO4. The largest absolute Gasteiger partial charge is 0.496 e. The highest BCUT2D eigenvalue weighted by molar-refractivity contribution is 5.77. The van der Waals surface area contributed by atoms with E-state index in [1.54, 1.807) is 7.11 Å². The maximum absolute atomic E-state index is 11.4. The number of aryl methyl sites for hydroxylation is 2. The molecule has 5 nitrogen and oxygen atoms in total. The van der Waals surface area contributed by atoms with E-state index < -0.39 is 17.4 Å². The second-order valence-corrected chi connectivity index (χ2v) is 5.12. The predicted octanol–water partition coefficient (Wildman–Crippen LogP) is 1.41. The zero-order chi connectivity index (χ0) is 14.2. The number of benzene rings is 1. The monoisotopic (exact) mass is 265 g/mol. The molecule has 0 aromatic heterocycles. The van der Waals surface area contributed by atoms with E-state index in [-0.39, 0.29) is 13.2 Å². The van der Waals surface area contributed by atoms with Crippen molar-refractivity contribution in [3.63, 3.8) is 0 Å². The van der Waals surface area contributed by atoms with Crippen molar-refractivity contribution in [2.75, 3.05) is 20.3 Å². The number of ether oxygens (including phenoxy) is 2. The van der Waals surface area contributed by atoms with E-state index >= 15 is 0 Å². The Labute approximate surface area is 112 Å². The van der Waals surface area contributed by atoms with Crippen LogP contribution in [0, 0.1) is 19.3 Å². The molecule has 1 fully saturated rings. The fourth-order valence-electron chi connectivity index (χ4n) is 2.56. The van der Waals surface area contributed by atoms with Gasteiger partial charge in [-0.3, -0.25) is 4.79 Å². The Hall–Kier alpha value is -1.59. The van der Waals surface area contributed by atoms with E-state index in [4.69, 9.17) is 15.2 Å². The average molecular weight is 265 g/mol. The molecule has 3 N–H and O–H groups in total. The molecule has 1 aromatic rings. The molecule has 1 aliphatic rings. The highest BCUT2D eigenvalue weighted by Gasteiger charge is 2.51. The van der Waals surface area contributed by atoms with Crippen LogP contribution in [0.1, 0.15) is 22.7 Å². The molecule has 0 radical (unpaired) electrons. The lowest BCUT2D eigenvalue weighted by molar-refractivity contribution is -0.184. The van der Waals surface area contributed by atoms with Gasteiger partial charge in [-0.25, -0.2) is 0 Å². The van der Waals surface area contributed by atoms with Gasteiger partial charge in [0.2, 0.25) is 0 Å². The molecule has 1 saturated heterocycles. The van der Waals surface area contributed by atoms with Crippen molar-refractivity contribution in [2.45, 2.75) is 19.9 Å². The van der Waals surface area contributed by atoms with Crippen LogP contribution < -0.4 is 10.5 Å². The van der Waals surface area contributed by atoms with E-state index in [0.29, 0.717) is 0 Å². The third-order valence-electron chi connectivity index (χ3n) is 3.79. The van der Waals surface area contributed by atoms with Crippen molar-refractivity contribution >= 4 is 5.97 Å². The summed E-state index contributed by atoms with van der Waals surface area (Å²) in [6.07, 6.45) is 0. The van der Waals surface area contributed by atoms with Crippen molar-refractivity contribution in [3.05, 3.63) is 28.8 Å². The Bertz CT molecular complexity index is 485. The molecule has 104 valence electrons. The van der Waals surface area contributed by atoms with Crippen LogP contribution in [0.15, 0.2) is 12.1 Å². The number of carbonyl (C=O) groups is 1. The molecular weight excluding hydrogens is 246 g/mol. The van der Waals surface area contributed by atoms with Gasteiger partial charge in [0.25, 0.3) is 0 Å². The molecule has 1 unspecified atom stereocenters. The van der Waals surface area contributed by atoms with E-state index in [1.165, 1.54) is 0 Å². The summed E-state index contributed by atoms with van der Waals surface area (Å²) in [7, 11) is 1.62. The van der Waals surface area contributed by atoms with Gasteiger partial charge in [-0.15, -0.1) is 0 Å². The van der Waals surface area contributed by atoms with Crippen molar-refractivity contribution in [1.82, 2.24) is 0 Å². The fourth-order valence-corrected chi connectivity index (χ4v) is 2.56. The highest BCUT2D eigenvalue weighted by atomic mass is 16.5. The molecule has 0 bridgehead atoms. The van der Waals surface area contributed by atoms with Crippen LogP contribution in [0.5, 0.6) is 5.75 Å². The Balaban J connectivity index is 2.39. The number of carboxylic acid groups (broad SMARTS) is 1. The maximum atomic E-state index is 11.4. The Morgan fingerprint density at radius 3 is 2.26 bits per heavy atom. The van der Waals surface area contributed by atoms with Crippen molar-refractivity contribution in [2.24, 2.45) is 11.1 Å². The molecule has 1 aromatic carbocycles. The van der Waals surface area contributed by atoms with Crippen molar-refractivity contribution in [3.8, 4) is 5.75 Å². The summed E-state index contributed by atoms with van der Waals surface area (Å²) >= 11 is 0. The lowest BCUT2D eigenvalue weighted by atomic mass is 9.75. The van der Waals surface area contributed by atoms with E-state index in [9.17, 15) is 9.90 Å². The first kappa shape index (κ1) is 13.8. The fraction of sp³-hybridized carbons (Fsp3) is 0.500. The van der Waals surface area contributed by atoms with Gasteiger partial charge in [-0.05, 0) is 30.5 Å². The lowest BCUT2D eigenvalue weighted by Crippen LogP contribution is -2.55. The first-order valence-electron chi connectivity index (χ1n) is 6.14. The minimum atomic E-state index is -1.01. The Kier molecular flexibility index (Phi) is 3.52. The van der Waals surface area contributed by atoms with E-state index in [0.717, 1.165) is 22.4 Å². The number of hydrogen-bond donors (Lipinski definition) is 2. The maximum Gasteiger partial charge on any atom is 0.316 e. The third kappa shape index (κ3) is 2.09. The molecule has 1 heterocycles. The van der Waals surface area contributed by atoms with Gasteiger partial charge >= 0.3 is 5.97 Å². The average Bonchev–Trinajstić information content (AvgIpc) is 2.26. The van der Waals surface area contributed by atoms with E-state index in [1.807, 2.05) is 26.0 Å². The molecule has 19 heavy (non-hydrogen) atoms. The standard InChI is InChI=1S/C14H19NO4/c1-8-4-10(5-9(2)11(8)18-3)12(15)14(13(16)17)6-19-7-14/h4-5,12H,6-7,15H2,1-3H3,(H,16,17). The molecule has 0 aliphatic carbocycles. The SMILES string of the molecule is COc1c(C)cc(C(N)C2(C(=O)O)COC2)cc1C. The van der Waals surface area contributed by atoms with Gasteiger partial charge in [0.05, 0.1) is 26.4 Å². The summed E-state index contributed by atoms with van der Waals surface area (Å²) in [5, 5.41) is 9.37. The molecule has 0 amide bonds. The first-order valence-corrected chi connectivity index (χ1v) is 6.14. The normalized spacial score (nSPS) is 18.5. The number of aliphatic carboxylic acids is 1. The van der Waals surface area contributed by atoms with Crippen LogP contribution in [0.3, 0.4) is 0 Å². The minimum Gasteiger partial charge on any atom is -0.496 e. The van der Waals surface area contributed by atoms with Crippen LogP contribution in [0.4, 0.5) is 0 Å². The number of carboxylic acids is 1.